The zero-order valence-corrected chi connectivity index (χ0v) is 16.0. The van der Waals surface area contributed by atoms with Gasteiger partial charge in [0.25, 0.3) is 0 Å². The van der Waals surface area contributed by atoms with Crippen molar-refractivity contribution in [1.82, 2.24) is 10.0 Å². The summed E-state index contributed by atoms with van der Waals surface area (Å²) < 4.78 is 31.8. The molecule has 0 saturated heterocycles. The second-order valence-electron chi connectivity index (χ2n) is 5.30. The standard InChI is InChI=1S/C18H22N2O4S.ClH/c1-2-24-18(21)16-8-10-17(11-9-16)25(22,23)20-13-12-19-14-15-6-4-3-5-7-15;/h3-11,19-20H,2,12-14H2,1H3;1H/p-1. The van der Waals surface area contributed by atoms with Gasteiger partial charge in [-0.3, -0.25) is 0 Å². The van der Waals surface area contributed by atoms with Crippen LogP contribution in [-0.2, 0) is 21.3 Å². The molecule has 0 aliphatic rings. The quantitative estimate of drug-likeness (QED) is 0.416. The summed E-state index contributed by atoms with van der Waals surface area (Å²) in [6.45, 7) is 3.45. The lowest BCUT2D eigenvalue weighted by molar-refractivity contribution is -0.0000255. The van der Waals surface area contributed by atoms with E-state index in [0.29, 0.717) is 18.7 Å². The molecule has 2 rings (SSSR count). The number of nitrogens with one attached hydrogen (secondary N) is 2. The highest BCUT2D eigenvalue weighted by atomic mass is 35.5. The second kappa shape index (κ2) is 10.9. The smallest absolute Gasteiger partial charge is 0.338 e. The van der Waals surface area contributed by atoms with E-state index in [1.54, 1.807) is 6.92 Å². The van der Waals surface area contributed by atoms with Crippen molar-refractivity contribution in [2.24, 2.45) is 0 Å². The van der Waals surface area contributed by atoms with Gasteiger partial charge in [-0.05, 0) is 36.8 Å². The largest absolute Gasteiger partial charge is 1.00 e. The highest BCUT2D eigenvalue weighted by Gasteiger charge is 2.14. The molecule has 2 aromatic carbocycles. The first-order valence-corrected chi connectivity index (χ1v) is 9.53. The van der Waals surface area contributed by atoms with Crippen LogP contribution in [-0.4, -0.2) is 34.1 Å². The van der Waals surface area contributed by atoms with Gasteiger partial charge in [-0.15, -0.1) is 0 Å². The van der Waals surface area contributed by atoms with Gasteiger partial charge in [0.1, 0.15) is 0 Å². The van der Waals surface area contributed by atoms with Crippen LogP contribution in [0.4, 0.5) is 0 Å². The number of ether oxygens (including phenoxy) is 1. The molecule has 0 atom stereocenters. The van der Waals surface area contributed by atoms with E-state index in [0.717, 1.165) is 5.56 Å². The monoisotopic (exact) mass is 397 g/mol. The van der Waals surface area contributed by atoms with Gasteiger partial charge in [-0.1, -0.05) is 30.3 Å². The summed E-state index contributed by atoms with van der Waals surface area (Å²) in [6.07, 6.45) is 0. The van der Waals surface area contributed by atoms with Crippen LogP contribution >= 0.6 is 0 Å². The van der Waals surface area contributed by atoms with E-state index in [4.69, 9.17) is 4.74 Å². The van der Waals surface area contributed by atoms with E-state index in [9.17, 15) is 13.2 Å². The number of hydrogen-bond acceptors (Lipinski definition) is 5. The third kappa shape index (κ3) is 6.76. The second-order valence-corrected chi connectivity index (χ2v) is 7.07. The van der Waals surface area contributed by atoms with Crippen molar-refractivity contribution in [1.29, 1.82) is 0 Å². The molecule has 0 aromatic heterocycles. The van der Waals surface area contributed by atoms with E-state index >= 15 is 0 Å². The number of carbonyl (C=O) groups is 1. The lowest BCUT2D eigenvalue weighted by Gasteiger charge is -2.09. The molecular weight excluding hydrogens is 376 g/mol. The van der Waals surface area contributed by atoms with Crippen molar-refractivity contribution in [3.63, 3.8) is 0 Å². The predicted molar refractivity (Wildman–Crippen MR) is 95.7 cm³/mol. The highest BCUT2D eigenvalue weighted by Crippen LogP contribution is 2.11. The predicted octanol–water partition coefficient (Wildman–Crippen LogP) is -1.06. The number of benzene rings is 2. The van der Waals surface area contributed by atoms with Crippen LogP contribution in [0.2, 0.25) is 0 Å². The van der Waals surface area contributed by atoms with E-state index in [-0.39, 0.29) is 30.5 Å². The molecule has 8 heteroatoms. The molecule has 0 unspecified atom stereocenters. The third-order valence-corrected chi connectivity index (χ3v) is 4.92. The Labute approximate surface area is 160 Å². The molecule has 0 aliphatic carbocycles. The van der Waals surface area contributed by atoms with Crippen LogP contribution in [0.5, 0.6) is 0 Å². The molecule has 0 radical (unpaired) electrons. The van der Waals surface area contributed by atoms with Crippen molar-refractivity contribution in [2.45, 2.75) is 18.4 Å². The minimum Gasteiger partial charge on any atom is -1.00 e. The average Bonchev–Trinajstić information content (AvgIpc) is 2.62. The first-order valence-electron chi connectivity index (χ1n) is 8.04. The van der Waals surface area contributed by atoms with Gasteiger partial charge in [0.15, 0.2) is 0 Å². The summed E-state index contributed by atoms with van der Waals surface area (Å²) in [4.78, 5) is 11.7. The Bertz CT molecular complexity index is 781. The zero-order chi connectivity index (χ0) is 18.1. The summed E-state index contributed by atoms with van der Waals surface area (Å²) in [7, 11) is -3.60. The summed E-state index contributed by atoms with van der Waals surface area (Å²) in [5.74, 6) is -0.468. The molecule has 0 spiro atoms. The fourth-order valence-corrected chi connectivity index (χ4v) is 3.20. The highest BCUT2D eigenvalue weighted by molar-refractivity contribution is 7.89. The number of rotatable bonds is 9. The van der Waals surface area contributed by atoms with Crippen molar-refractivity contribution in [3.05, 3.63) is 65.7 Å². The minimum atomic E-state index is -3.60. The Morgan fingerprint density at radius 3 is 2.27 bits per heavy atom. The number of hydrogen-bond donors (Lipinski definition) is 2. The lowest BCUT2D eigenvalue weighted by Crippen LogP contribution is -3.00. The van der Waals surface area contributed by atoms with Gasteiger partial charge in [0, 0.05) is 19.6 Å². The van der Waals surface area contributed by atoms with Gasteiger partial charge in [0.05, 0.1) is 17.1 Å². The maximum atomic E-state index is 12.2. The van der Waals surface area contributed by atoms with Gasteiger partial charge < -0.3 is 22.5 Å². The fraction of sp³-hybridized carbons (Fsp3) is 0.278. The van der Waals surface area contributed by atoms with Gasteiger partial charge in [0.2, 0.25) is 10.0 Å². The molecule has 26 heavy (non-hydrogen) atoms. The molecule has 6 nitrogen and oxygen atoms in total. The van der Waals surface area contributed by atoms with Gasteiger partial charge >= 0.3 is 5.97 Å². The number of esters is 1. The molecule has 0 saturated carbocycles. The molecule has 0 bridgehead atoms. The molecule has 0 heterocycles. The van der Waals surface area contributed by atoms with Crippen LogP contribution < -0.4 is 22.4 Å². The first-order chi connectivity index (χ1) is 12.0. The van der Waals surface area contributed by atoms with Crippen molar-refractivity contribution in [3.8, 4) is 0 Å². The van der Waals surface area contributed by atoms with Crippen LogP contribution in [0.15, 0.2) is 59.5 Å². The normalized spacial score (nSPS) is 10.8. The van der Waals surface area contributed by atoms with E-state index in [1.807, 2.05) is 30.3 Å². The fourth-order valence-electron chi connectivity index (χ4n) is 2.17. The van der Waals surface area contributed by atoms with Crippen molar-refractivity contribution in [2.75, 3.05) is 19.7 Å². The van der Waals surface area contributed by atoms with Gasteiger partial charge in [-0.2, -0.15) is 0 Å². The third-order valence-electron chi connectivity index (χ3n) is 3.44. The van der Waals surface area contributed by atoms with Gasteiger partial charge in [-0.25, -0.2) is 17.9 Å². The number of carbonyl (C=O) groups excluding carboxylic acids is 1. The molecule has 142 valence electrons. The summed E-state index contributed by atoms with van der Waals surface area (Å²) >= 11 is 0. The maximum Gasteiger partial charge on any atom is 0.338 e. The first kappa shape index (κ1) is 22.1. The van der Waals surface area contributed by atoms with Crippen LogP contribution in [0.25, 0.3) is 0 Å². The van der Waals surface area contributed by atoms with Crippen LogP contribution in [0, 0.1) is 0 Å². The van der Waals surface area contributed by atoms with E-state index in [1.165, 1.54) is 24.3 Å². The number of halogens is 1. The minimum absolute atomic E-state index is 0. The summed E-state index contributed by atoms with van der Waals surface area (Å²) in [6, 6.07) is 15.5. The number of sulfonamides is 1. The van der Waals surface area contributed by atoms with Crippen LogP contribution in [0.1, 0.15) is 22.8 Å². The molecule has 0 aliphatic heterocycles. The van der Waals surface area contributed by atoms with Crippen LogP contribution in [0.3, 0.4) is 0 Å². The Morgan fingerprint density at radius 2 is 1.65 bits per heavy atom. The zero-order valence-electron chi connectivity index (χ0n) is 14.4. The Kier molecular flexibility index (Phi) is 9.29. The average molecular weight is 398 g/mol. The summed E-state index contributed by atoms with van der Waals surface area (Å²) in [5.41, 5.74) is 1.46. The van der Waals surface area contributed by atoms with E-state index < -0.39 is 16.0 Å². The Balaban J connectivity index is 0.00000338. The molecule has 0 amide bonds. The molecule has 2 aromatic rings. The molecular formula is C18H22ClN2O4S-. The maximum absolute atomic E-state index is 12.2. The van der Waals surface area contributed by atoms with E-state index in [2.05, 4.69) is 10.0 Å². The topological polar surface area (TPSA) is 84.5 Å². The summed E-state index contributed by atoms with van der Waals surface area (Å²) in [5, 5.41) is 3.18. The molecule has 2 N–H and O–H groups in total. The lowest BCUT2D eigenvalue weighted by atomic mass is 10.2. The Morgan fingerprint density at radius 1 is 1.00 bits per heavy atom. The van der Waals surface area contributed by atoms with Crippen molar-refractivity contribution < 1.29 is 30.4 Å². The SMILES string of the molecule is CCOC(=O)c1ccc(S(=O)(=O)NCCNCc2ccccc2)cc1.[Cl-]. The van der Waals surface area contributed by atoms with Crippen molar-refractivity contribution >= 4 is 16.0 Å². The molecule has 0 fully saturated rings. The Hall–Kier alpha value is -1.93.